The molecule has 1 unspecified atom stereocenters. The lowest BCUT2D eigenvalue weighted by molar-refractivity contribution is 0.120. The molecule has 0 aliphatic carbocycles. The number of aromatic nitrogens is 1. The van der Waals surface area contributed by atoms with Crippen molar-refractivity contribution >= 4 is 26.8 Å². The Morgan fingerprint density at radius 2 is 2.24 bits per heavy atom. The second-order valence-electron chi connectivity index (χ2n) is 5.38. The molecule has 3 nitrogen and oxygen atoms in total. The fourth-order valence-electron chi connectivity index (χ4n) is 2.64. The van der Waals surface area contributed by atoms with Gasteiger partial charge in [-0.25, -0.2) is 9.37 Å². The first-order chi connectivity index (χ1) is 10.2. The Bertz CT molecular complexity index is 622. The zero-order valence-corrected chi connectivity index (χ0v) is 13.4. The molecule has 2 aromatic rings. The molecule has 0 amide bonds. The Morgan fingerprint density at radius 3 is 3.10 bits per heavy atom. The van der Waals surface area contributed by atoms with Gasteiger partial charge in [-0.1, -0.05) is 15.9 Å². The summed E-state index contributed by atoms with van der Waals surface area (Å²) in [6.45, 7) is 2.79. The summed E-state index contributed by atoms with van der Waals surface area (Å²) >= 11 is 3.45. The quantitative estimate of drug-likeness (QED) is 0.836. The van der Waals surface area contributed by atoms with Crippen molar-refractivity contribution in [3.63, 3.8) is 0 Å². The molecule has 1 aromatic carbocycles. The van der Waals surface area contributed by atoms with Crippen LogP contribution in [0, 0.1) is 0 Å². The summed E-state index contributed by atoms with van der Waals surface area (Å²) in [6.07, 6.45) is 0.944. The number of pyridine rings is 1. The van der Waals surface area contributed by atoms with Crippen molar-refractivity contribution < 1.29 is 9.13 Å². The second-order valence-corrected chi connectivity index (χ2v) is 6.29. The average molecular weight is 353 g/mol. The van der Waals surface area contributed by atoms with Gasteiger partial charge in [0.2, 0.25) is 5.88 Å². The SMILES string of the molecule is FC1CCCN(CCOc2ccc3cc(Br)ccc3n2)C1. The molecule has 0 N–H and O–H groups in total. The molecule has 0 radical (unpaired) electrons. The molecule has 0 saturated carbocycles. The highest BCUT2D eigenvalue weighted by molar-refractivity contribution is 9.10. The van der Waals surface area contributed by atoms with E-state index in [1.165, 1.54) is 0 Å². The summed E-state index contributed by atoms with van der Waals surface area (Å²) in [4.78, 5) is 6.60. The Morgan fingerprint density at radius 1 is 1.33 bits per heavy atom. The Labute approximate surface area is 132 Å². The zero-order valence-electron chi connectivity index (χ0n) is 11.8. The number of halogens is 2. The van der Waals surface area contributed by atoms with Gasteiger partial charge in [0.1, 0.15) is 12.8 Å². The predicted octanol–water partition coefficient (Wildman–Crippen LogP) is 3.81. The van der Waals surface area contributed by atoms with E-state index in [-0.39, 0.29) is 0 Å². The molecule has 1 atom stereocenters. The van der Waals surface area contributed by atoms with Crippen LogP contribution in [0.15, 0.2) is 34.8 Å². The summed E-state index contributed by atoms with van der Waals surface area (Å²) in [5.74, 6) is 0.624. The number of rotatable bonds is 4. The Balaban J connectivity index is 1.56. The van der Waals surface area contributed by atoms with E-state index >= 15 is 0 Å². The topological polar surface area (TPSA) is 25.4 Å². The monoisotopic (exact) mass is 352 g/mol. The van der Waals surface area contributed by atoms with Gasteiger partial charge in [-0.05, 0) is 43.7 Å². The number of nitrogens with zero attached hydrogens (tertiary/aromatic N) is 2. The normalized spacial score (nSPS) is 19.8. The number of hydrogen-bond donors (Lipinski definition) is 0. The maximum atomic E-state index is 13.3. The molecule has 1 saturated heterocycles. The van der Waals surface area contributed by atoms with E-state index in [4.69, 9.17) is 4.74 Å². The van der Waals surface area contributed by atoms with Gasteiger partial charge >= 0.3 is 0 Å². The molecule has 112 valence electrons. The summed E-state index contributed by atoms with van der Waals surface area (Å²) in [5.41, 5.74) is 0.914. The van der Waals surface area contributed by atoms with E-state index < -0.39 is 6.17 Å². The molecule has 1 aromatic heterocycles. The Kier molecular flexibility index (Phi) is 4.70. The standard InChI is InChI=1S/C16H18BrFN2O/c17-13-4-5-15-12(10-13)3-6-16(19-15)21-9-8-20-7-1-2-14(18)11-20/h3-6,10,14H,1-2,7-9,11H2. The molecule has 3 rings (SSSR count). The van der Waals surface area contributed by atoms with E-state index in [0.717, 1.165) is 34.9 Å². The minimum Gasteiger partial charge on any atom is -0.476 e. The van der Waals surface area contributed by atoms with E-state index in [1.807, 2.05) is 30.3 Å². The van der Waals surface area contributed by atoms with E-state index in [0.29, 0.717) is 25.5 Å². The molecular weight excluding hydrogens is 335 g/mol. The van der Waals surface area contributed by atoms with Crippen LogP contribution < -0.4 is 4.74 Å². The number of fused-ring (bicyclic) bond motifs is 1. The van der Waals surface area contributed by atoms with Crippen molar-refractivity contribution in [3.05, 3.63) is 34.8 Å². The number of alkyl halides is 1. The van der Waals surface area contributed by atoms with Gasteiger partial charge in [-0.3, -0.25) is 4.90 Å². The molecule has 0 bridgehead atoms. The first kappa shape index (κ1) is 14.7. The molecule has 0 spiro atoms. The van der Waals surface area contributed by atoms with Crippen molar-refractivity contribution in [2.45, 2.75) is 19.0 Å². The fourth-order valence-corrected chi connectivity index (χ4v) is 3.02. The van der Waals surface area contributed by atoms with Gasteiger partial charge in [0.25, 0.3) is 0 Å². The maximum Gasteiger partial charge on any atom is 0.213 e. The van der Waals surface area contributed by atoms with Crippen molar-refractivity contribution in [1.29, 1.82) is 0 Å². The van der Waals surface area contributed by atoms with Crippen molar-refractivity contribution in [2.24, 2.45) is 0 Å². The number of likely N-dealkylation sites (tertiary alicyclic amines) is 1. The highest BCUT2D eigenvalue weighted by Gasteiger charge is 2.18. The lowest BCUT2D eigenvalue weighted by atomic mass is 10.1. The van der Waals surface area contributed by atoms with Crippen LogP contribution in [0.1, 0.15) is 12.8 Å². The van der Waals surface area contributed by atoms with Gasteiger partial charge in [0.15, 0.2) is 0 Å². The van der Waals surface area contributed by atoms with Crippen LogP contribution in [-0.4, -0.2) is 42.3 Å². The summed E-state index contributed by atoms with van der Waals surface area (Å²) < 4.78 is 20.0. The highest BCUT2D eigenvalue weighted by Crippen LogP contribution is 2.21. The molecule has 5 heteroatoms. The van der Waals surface area contributed by atoms with Gasteiger partial charge in [-0.2, -0.15) is 0 Å². The number of hydrogen-bond acceptors (Lipinski definition) is 3. The predicted molar refractivity (Wildman–Crippen MR) is 85.5 cm³/mol. The van der Waals surface area contributed by atoms with Crippen LogP contribution in [-0.2, 0) is 0 Å². The number of benzene rings is 1. The third-order valence-corrected chi connectivity index (χ3v) is 4.22. The minimum absolute atomic E-state index is 0.530. The Hall–Kier alpha value is -1.20. The third kappa shape index (κ3) is 3.92. The van der Waals surface area contributed by atoms with E-state index in [9.17, 15) is 4.39 Å². The molecule has 21 heavy (non-hydrogen) atoms. The second kappa shape index (κ2) is 6.71. The van der Waals surface area contributed by atoms with Crippen LogP contribution in [0.25, 0.3) is 10.9 Å². The van der Waals surface area contributed by atoms with Crippen LogP contribution in [0.3, 0.4) is 0 Å². The smallest absolute Gasteiger partial charge is 0.213 e. The van der Waals surface area contributed by atoms with Gasteiger partial charge in [0.05, 0.1) is 5.52 Å². The number of ether oxygens (including phenoxy) is 1. The van der Waals surface area contributed by atoms with Gasteiger partial charge in [0, 0.05) is 29.0 Å². The molecule has 1 aliphatic rings. The lowest BCUT2D eigenvalue weighted by Gasteiger charge is -2.28. The van der Waals surface area contributed by atoms with Crippen LogP contribution in [0.2, 0.25) is 0 Å². The van der Waals surface area contributed by atoms with Gasteiger partial charge < -0.3 is 4.74 Å². The minimum atomic E-state index is -0.684. The summed E-state index contributed by atoms with van der Waals surface area (Å²) in [6, 6.07) is 9.84. The average Bonchev–Trinajstić information content (AvgIpc) is 2.47. The largest absolute Gasteiger partial charge is 0.476 e. The van der Waals surface area contributed by atoms with Crippen LogP contribution in [0.5, 0.6) is 5.88 Å². The molecular formula is C16H18BrFN2O. The lowest BCUT2D eigenvalue weighted by Crippen LogP contribution is -2.38. The first-order valence-electron chi connectivity index (χ1n) is 7.26. The van der Waals surface area contributed by atoms with Crippen molar-refractivity contribution in [3.8, 4) is 5.88 Å². The highest BCUT2D eigenvalue weighted by atomic mass is 79.9. The van der Waals surface area contributed by atoms with Crippen molar-refractivity contribution in [2.75, 3.05) is 26.2 Å². The number of piperidine rings is 1. The first-order valence-corrected chi connectivity index (χ1v) is 8.05. The zero-order chi connectivity index (χ0) is 14.7. The summed E-state index contributed by atoms with van der Waals surface area (Å²) in [7, 11) is 0. The van der Waals surface area contributed by atoms with E-state index in [2.05, 4.69) is 25.8 Å². The van der Waals surface area contributed by atoms with E-state index in [1.54, 1.807) is 0 Å². The van der Waals surface area contributed by atoms with Gasteiger partial charge in [-0.15, -0.1) is 0 Å². The summed E-state index contributed by atoms with van der Waals surface area (Å²) in [5, 5.41) is 1.08. The molecule has 1 aliphatic heterocycles. The third-order valence-electron chi connectivity index (χ3n) is 3.73. The molecule has 1 fully saturated rings. The van der Waals surface area contributed by atoms with Crippen molar-refractivity contribution in [1.82, 2.24) is 9.88 Å². The van der Waals surface area contributed by atoms with Crippen LogP contribution in [0.4, 0.5) is 4.39 Å². The molecule has 2 heterocycles. The maximum absolute atomic E-state index is 13.3. The fraction of sp³-hybridized carbons (Fsp3) is 0.438. The van der Waals surface area contributed by atoms with Crippen LogP contribution >= 0.6 is 15.9 Å².